The van der Waals surface area contributed by atoms with Gasteiger partial charge in [0.25, 0.3) is 5.91 Å². The number of aromatic nitrogens is 3. The number of morpholine rings is 1. The molecule has 13 heteroatoms. The Kier molecular flexibility index (Phi) is 6.24. The molecule has 36 heavy (non-hydrogen) atoms. The molecule has 0 saturated carbocycles. The van der Waals surface area contributed by atoms with E-state index in [4.69, 9.17) is 9.47 Å². The summed E-state index contributed by atoms with van der Waals surface area (Å²) in [5, 5.41) is 3.29. The summed E-state index contributed by atoms with van der Waals surface area (Å²) in [4.78, 5) is 24.5. The van der Waals surface area contributed by atoms with Gasteiger partial charge >= 0.3 is 12.1 Å². The molecule has 9 nitrogen and oxygen atoms in total. The van der Waals surface area contributed by atoms with Gasteiger partial charge in [-0.2, -0.15) is 18.2 Å². The van der Waals surface area contributed by atoms with Crippen molar-refractivity contribution >= 4 is 11.7 Å². The van der Waals surface area contributed by atoms with E-state index in [2.05, 4.69) is 24.5 Å². The second kappa shape index (κ2) is 9.37. The van der Waals surface area contributed by atoms with Crippen molar-refractivity contribution in [3.63, 3.8) is 0 Å². The molecule has 0 N–H and O–H groups in total. The molecule has 5 rings (SSSR count). The lowest BCUT2D eigenvalue weighted by Gasteiger charge is -2.28. The molecule has 2 aliphatic heterocycles. The fourth-order valence-electron chi connectivity index (χ4n) is 4.03. The fraction of sp³-hybridized carbons (Fsp3) is 0.391. The normalized spacial score (nSPS) is 18.4. The topological polar surface area (TPSA) is 93.8 Å². The number of amides is 1. The van der Waals surface area contributed by atoms with Crippen LogP contribution in [0.3, 0.4) is 0 Å². The van der Waals surface area contributed by atoms with Gasteiger partial charge in [0, 0.05) is 30.4 Å². The summed E-state index contributed by atoms with van der Waals surface area (Å²) in [5.74, 6) is -2.26. The molecule has 4 heterocycles. The molecule has 0 aliphatic carbocycles. The summed E-state index contributed by atoms with van der Waals surface area (Å²) in [5.41, 5.74) is 0.389. The van der Waals surface area contributed by atoms with Gasteiger partial charge in [-0.1, -0.05) is 5.16 Å². The molecule has 1 amide bonds. The van der Waals surface area contributed by atoms with E-state index < -0.39 is 29.8 Å². The van der Waals surface area contributed by atoms with Crippen molar-refractivity contribution in [2.75, 3.05) is 37.8 Å². The lowest BCUT2D eigenvalue weighted by atomic mass is 10.1. The number of benzene rings is 1. The molecular formula is C23H21F4N5O4. The van der Waals surface area contributed by atoms with Crippen molar-refractivity contribution in [2.24, 2.45) is 0 Å². The van der Waals surface area contributed by atoms with Gasteiger partial charge in [0.2, 0.25) is 5.82 Å². The standard InChI is InChI=1S/C23H21F4N5O4/c1-13-12-35-18-9-15(20-29-22(36-30-20)23(25,26)27)8-17(24)16(18)11-32(13)21(33)14-2-3-19(28-10-14)31-4-6-34-7-5-31/h2-3,8-10,13H,4-7,11-12H2,1H3/t13-/m0/s1. The minimum atomic E-state index is -4.82. The van der Waals surface area contributed by atoms with Gasteiger partial charge in [-0.05, 0) is 31.2 Å². The SMILES string of the molecule is C[C@H]1COc2cc(-c3noc(C(F)(F)F)n3)cc(F)c2CN1C(=O)c1ccc(N2CCOCC2)nc1. The molecule has 1 atom stereocenters. The Morgan fingerprint density at radius 1 is 1.17 bits per heavy atom. The van der Waals surface area contributed by atoms with Crippen LogP contribution in [0.2, 0.25) is 0 Å². The average Bonchev–Trinajstić information content (AvgIpc) is 3.32. The van der Waals surface area contributed by atoms with E-state index in [1.807, 2.05) is 0 Å². The number of pyridine rings is 1. The van der Waals surface area contributed by atoms with Crippen LogP contribution in [0.4, 0.5) is 23.4 Å². The summed E-state index contributed by atoms with van der Waals surface area (Å²) in [7, 11) is 0. The Balaban J connectivity index is 1.38. The Morgan fingerprint density at radius 3 is 2.61 bits per heavy atom. The van der Waals surface area contributed by atoms with E-state index in [1.165, 1.54) is 17.2 Å². The molecule has 2 aromatic heterocycles. The van der Waals surface area contributed by atoms with Crippen molar-refractivity contribution in [2.45, 2.75) is 25.7 Å². The van der Waals surface area contributed by atoms with E-state index in [0.29, 0.717) is 31.9 Å². The average molecular weight is 507 g/mol. The Morgan fingerprint density at radius 2 is 1.94 bits per heavy atom. The Bertz CT molecular complexity index is 1260. The molecule has 1 aromatic carbocycles. The van der Waals surface area contributed by atoms with Crippen LogP contribution in [0, 0.1) is 5.82 Å². The number of rotatable bonds is 3. The minimum Gasteiger partial charge on any atom is -0.491 e. The van der Waals surface area contributed by atoms with Gasteiger partial charge in [0.15, 0.2) is 0 Å². The van der Waals surface area contributed by atoms with Crippen molar-refractivity contribution in [1.29, 1.82) is 0 Å². The molecule has 2 aliphatic rings. The number of halogens is 4. The zero-order valence-corrected chi connectivity index (χ0v) is 19.1. The largest absolute Gasteiger partial charge is 0.491 e. The number of alkyl halides is 3. The van der Waals surface area contributed by atoms with Gasteiger partial charge in [-0.25, -0.2) is 9.37 Å². The summed E-state index contributed by atoms with van der Waals surface area (Å²) in [6.45, 7) is 4.33. The van der Waals surface area contributed by atoms with E-state index in [-0.39, 0.29) is 35.9 Å². The molecule has 0 unspecified atom stereocenters. The second-order valence-corrected chi connectivity index (χ2v) is 8.45. The number of fused-ring (bicyclic) bond motifs is 1. The van der Waals surface area contributed by atoms with Crippen LogP contribution in [0.5, 0.6) is 5.75 Å². The van der Waals surface area contributed by atoms with Crippen LogP contribution >= 0.6 is 0 Å². The van der Waals surface area contributed by atoms with Crippen LogP contribution in [0.15, 0.2) is 35.0 Å². The zero-order chi connectivity index (χ0) is 25.4. The lowest BCUT2D eigenvalue weighted by molar-refractivity contribution is -0.159. The minimum absolute atomic E-state index is 0.0409. The third-order valence-corrected chi connectivity index (χ3v) is 6.01. The number of ether oxygens (including phenoxy) is 2. The first-order chi connectivity index (χ1) is 17.2. The number of carbonyl (C=O) groups excluding carboxylic acids is 1. The highest BCUT2D eigenvalue weighted by Gasteiger charge is 2.39. The van der Waals surface area contributed by atoms with Gasteiger partial charge in [0.05, 0.1) is 31.4 Å². The highest BCUT2D eigenvalue weighted by Crippen LogP contribution is 2.34. The van der Waals surface area contributed by atoms with Gasteiger partial charge in [-0.15, -0.1) is 0 Å². The van der Waals surface area contributed by atoms with Crippen LogP contribution in [0.25, 0.3) is 11.4 Å². The maximum Gasteiger partial charge on any atom is 0.471 e. The van der Waals surface area contributed by atoms with E-state index in [9.17, 15) is 18.0 Å². The van der Waals surface area contributed by atoms with Gasteiger partial charge < -0.3 is 23.8 Å². The van der Waals surface area contributed by atoms with Crippen LogP contribution < -0.4 is 9.64 Å². The molecule has 3 aromatic rings. The summed E-state index contributed by atoms with van der Waals surface area (Å²) >= 11 is 0. The molecule has 0 radical (unpaired) electrons. The number of hydrogen-bond donors (Lipinski definition) is 0. The van der Waals surface area contributed by atoms with Crippen molar-refractivity contribution in [3.8, 4) is 17.1 Å². The maximum absolute atomic E-state index is 15.1. The predicted molar refractivity (Wildman–Crippen MR) is 117 cm³/mol. The van der Waals surface area contributed by atoms with E-state index in [1.54, 1.807) is 19.1 Å². The third kappa shape index (κ3) is 4.70. The highest BCUT2D eigenvalue weighted by molar-refractivity contribution is 5.94. The lowest BCUT2D eigenvalue weighted by Crippen LogP contribution is -2.40. The molecule has 0 bridgehead atoms. The van der Waals surface area contributed by atoms with E-state index >= 15 is 4.39 Å². The first-order valence-electron chi connectivity index (χ1n) is 11.2. The Labute approximate surface area is 202 Å². The Hall–Kier alpha value is -3.74. The molecular weight excluding hydrogens is 486 g/mol. The van der Waals surface area contributed by atoms with Gasteiger partial charge in [-0.3, -0.25) is 4.79 Å². The zero-order valence-electron chi connectivity index (χ0n) is 19.1. The second-order valence-electron chi connectivity index (χ2n) is 8.45. The first kappa shape index (κ1) is 24.0. The number of anilines is 1. The summed E-state index contributed by atoms with van der Waals surface area (Å²) in [6.07, 6.45) is -3.34. The van der Waals surface area contributed by atoms with Crippen molar-refractivity contribution in [3.05, 3.63) is 53.3 Å². The van der Waals surface area contributed by atoms with Crippen LogP contribution in [0.1, 0.15) is 28.7 Å². The quantitative estimate of drug-likeness (QED) is 0.497. The smallest absolute Gasteiger partial charge is 0.471 e. The van der Waals surface area contributed by atoms with Gasteiger partial charge in [0.1, 0.15) is 24.0 Å². The van der Waals surface area contributed by atoms with Crippen molar-refractivity contribution < 1.29 is 36.4 Å². The number of carbonyl (C=O) groups is 1. The third-order valence-electron chi connectivity index (χ3n) is 6.01. The molecule has 190 valence electrons. The summed E-state index contributed by atoms with van der Waals surface area (Å²) < 4.78 is 68.8. The number of hydrogen-bond acceptors (Lipinski definition) is 8. The van der Waals surface area contributed by atoms with Crippen molar-refractivity contribution in [1.82, 2.24) is 20.0 Å². The molecule has 1 fully saturated rings. The maximum atomic E-state index is 15.1. The highest BCUT2D eigenvalue weighted by atomic mass is 19.4. The van der Waals surface area contributed by atoms with Crippen LogP contribution in [-0.2, 0) is 17.5 Å². The summed E-state index contributed by atoms with van der Waals surface area (Å²) in [6, 6.07) is 5.34. The molecule has 1 saturated heterocycles. The first-order valence-corrected chi connectivity index (χ1v) is 11.2. The molecule has 0 spiro atoms. The monoisotopic (exact) mass is 507 g/mol. The fourth-order valence-corrected chi connectivity index (χ4v) is 4.03. The van der Waals surface area contributed by atoms with Crippen LogP contribution in [-0.4, -0.2) is 64.9 Å². The number of nitrogens with zero attached hydrogens (tertiary/aromatic N) is 5. The predicted octanol–water partition coefficient (Wildman–Crippen LogP) is 3.55. The van der Waals surface area contributed by atoms with E-state index in [0.717, 1.165) is 11.9 Å².